The molecule has 0 spiro atoms. The molecule has 0 radical (unpaired) electrons. The summed E-state index contributed by atoms with van der Waals surface area (Å²) in [6.45, 7) is 0.500. The van der Waals surface area contributed by atoms with Crippen LogP contribution in [0, 0.1) is 0 Å². The first-order chi connectivity index (χ1) is 15.4. The van der Waals surface area contributed by atoms with Crippen molar-refractivity contribution >= 4 is 22.2 Å². The van der Waals surface area contributed by atoms with Crippen molar-refractivity contribution in [1.82, 2.24) is 19.5 Å². The van der Waals surface area contributed by atoms with E-state index in [1.54, 1.807) is 0 Å². The van der Waals surface area contributed by atoms with Gasteiger partial charge in [-0.2, -0.15) is 0 Å². The molecule has 6 heteroatoms. The van der Waals surface area contributed by atoms with Gasteiger partial charge in [-0.3, -0.25) is 0 Å². The quantitative estimate of drug-likeness (QED) is 0.375. The van der Waals surface area contributed by atoms with Gasteiger partial charge in [-0.15, -0.1) is 11.3 Å². The van der Waals surface area contributed by atoms with Crippen LogP contribution in [0.4, 0.5) is 0 Å². The Morgan fingerprint density at radius 3 is 3.03 bits per heavy atom. The van der Waals surface area contributed by atoms with E-state index in [9.17, 15) is 0 Å². The molecule has 5 aromatic rings. The maximum Gasteiger partial charge on any atom is 0.214 e. The zero-order chi connectivity index (χ0) is 20.6. The maximum atomic E-state index is 5.98. The van der Waals surface area contributed by atoms with E-state index in [0.29, 0.717) is 18.5 Å². The predicted octanol–water partition coefficient (Wildman–Crippen LogP) is 5.99. The number of nitrogens with zero attached hydrogens (tertiary/aromatic N) is 3. The van der Waals surface area contributed by atoms with Gasteiger partial charge in [-0.05, 0) is 41.8 Å². The Bertz CT molecular complexity index is 1330. The van der Waals surface area contributed by atoms with Crippen LogP contribution in [0.25, 0.3) is 22.2 Å². The highest BCUT2D eigenvalue weighted by Gasteiger charge is 2.25. The summed E-state index contributed by atoms with van der Waals surface area (Å²) >= 11 is 1.87. The number of aromatic amines is 1. The van der Waals surface area contributed by atoms with Gasteiger partial charge in [0.15, 0.2) is 0 Å². The van der Waals surface area contributed by atoms with Crippen molar-refractivity contribution in [2.45, 2.75) is 31.9 Å². The van der Waals surface area contributed by atoms with Crippen LogP contribution in [-0.4, -0.2) is 19.5 Å². The van der Waals surface area contributed by atoms with Crippen LogP contribution in [-0.2, 0) is 13.0 Å². The van der Waals surface area contributed by atoms with E-state index in [0.717, 1.165) is 34.1 Å². The van der Waals surface area contributed by atoms with Gasteiger partial charge in [0.05, 0.1) is 36.0 Å². The molecule has 1 N–H and O–H groups in total. The van der Waals surface area contributed by atoms with Crippen molar-refractivity contribution in [2.24, 2.45) is 0 Å². The van der Waals surface area contributed by atoms with E-state index >= 15 is 0 Å². The molecule has 31 heavy (non-hydrogen) atoms. The number of aryl methyl sites for hydroxylation is 1. The molecule has 0 amide bonds. The SMILES string of the molecule is c1ccc(COc2cc3c(-c4cncn4C4CCCc5sccc54)c[nH]c3cn2)cc1. The number of fused-ring (bicyclic) bond motifs is 2. The summed E-state index contributed by atoms with van der Waals surface area (Å²) < 4.78 is 8.31. The fraction of sp³-hybridized carbons (Fsp3) is 0.200. The van der Waals surface area contributed by atoms with Crippen LogP contribution < -0.4 is 4.74 Å². The number of thiophene rings is 1. The Kier molecular flexibility index (Phi) is 4.57. The number of pyridine rings is 1. The number of rotatable bonds is 5. The molecule has 154 valence electrons. The van der Waals surface area contributed by atoms with Gasteiger partial charge in [0.25, 0.3) is 0 Å². The summed E-state index contributed by atoms with van der Waals surface area (Å²) in [6, 6.07) is 14.8. The summed E-state index contributed by atoms with van der Waals surface area (Å²) in [4.78, 5) is 13.9. The van der Waals surface area contributed by atoms with Gasteiger partial charge < -0.3 is 14.3 Å². The Morgan fingerprint density at radius 2 is 2.10 bits per heavy atom. The fourth-order valence-corrected chi connectivity index (χ4v) is 5.52. The van der Waals surface area contributed by atoms with Crippen molar-refractivity contribution < 1.29 is 4.74 Å². The first-order valence-electron chi connectivity index (χ1n) is 10.6. The summed E-state index contributed by atoms with van der Waals surface area (Å²) in [5, 5.41) is 3.31. The molecule has 1 unspecified atom stereocenters. The molecule has 5 nitrogen and oxygen atoms in total. The molecule has 0 aliphatic heterocycles. The molecular weight excluding hydrogens is 404 g/mol. The zero-order valence-corrected chi connectivity index (χ0v) is 17.8. The predicted molar refractivity (Wildman–Crippen MR) is 123 cm³/mol. The third kappa shape index (κ3) is 3.33. The molecular formula is C25H22N4OS. The standard InChI is InChI=1S/C25H22N4OS/c1-2-5-17(6-3-1)15-30-25-11-19-20(12-27-21(19)13-28-25)23-14-26-16-29(23)22-7-4-8-24-18(22)9-10-31-24/h1-3,5-6,9-14,16,22,27H,4,7-8,15H2. The number of hydrogen-bond donors (Lipinski definition) is 1. The Labute approximate surface area is 184 Å². The van der Waals surface area contributed by atoms with Crippen LogP contribution in [0.2, 0.25) is 0 Å². The first kappa shape index (κ1) is 18.4. The zero-order valence-electron chi connectivity index (χ0n) is 17.0. The van der Waals surface area contributed by atoms with E-state index in [2.05, 4.69) is 49.3 Å². The summed E-state index contributed by atoms with van der Waals surface area (Å²) in [6.07, 6.45) is 11.4. The monoisotopic (exact) mass is 426 g/mol. The first-order valence-corrected chi connectivity index (χ1v) is 11.5. The number of nitrogens with one attached hydrogen (secondary N) is 1. The van der Waals surface area contributed by atoms with E-state index in [-0.39, 0.29) is 0 Å². The minimum absolute atomic E-state index is 0.341. The van der Waals surface area contributed by atoms with Gasteiger partial charge in [0.1, 0.15) is 6.61 Å². The van der Waals surface area contributed by atoms with Crippen LogP contribution in [0.3, 0.4) is 0 Å². The second-order valence-corrected chi connectivity index (χ2v) is 8.94. The lowest BCUT2D eigenvalue weighted by Gasteiger charge is -2.25. The summed E-state index contributed by atoms with van der Waals surface area (Å²) in [5.41, 5.74) is 5.82. The molecule has 4 heterocycles. The summed E-state index contributed by atoms with van der Waals surface area (Å²) in [7, 11) is 0. The van der Waals surface area contributed by atoms with E-state index < -0.39 is 0 Å². The van der Waals surface area contributed by atoms with Gasteiger partial charge in [0, 0.05) is 28.1 Å². The number of imidazole rings is 1. The molecule has 0 saturated heterocycles. The smallest absolute Gasteiger partial charge is 0.214 e. The lowest BCUT2D eigenvalue weighted by molar-refractivity contribution is 0.294. The maximum absolute atomic E-state index is 5.98. The minimum atomic E-state index is 0.341. The number of benzene rings is 1. The van der Waals surface area contributed by atoms with Crippen molar-refractivity contribution in [3.63, 3.8) is 0 Å². The molecule has 1 aliphatic rings. The average molecular weight is 427 g/mol. The Hall–Kier alpha value is -3.38. The molecule has 1 aromatic carbocycles. The third-order valence-corrected chi connectivity index (χ3v) is 7.07. The number of H-pyrrole nitrogens is 1. The van der Waals surface area contributed by atoms with E-state index in [4.69, 9.17) is 4.74 Å². The van der Waals surface area contributed by atoms with Gasteiger partial charge >= 0.3 is 0 Å². The lowest BCUT2D eigenvalue weighted by atomic mass is 9.93. The fourth-order valence-electron chi connectivity index (χ4n) is 4.54. The van der Waals surface area contributed by atoms with Gasteiger partial charge in [0.2, 0.25) is 5.88 Å². The molecule has 6 rings (SSSR count). The topological polar surface area (TPSA) is 55.7 Å². The van der Waals surface area contributed by atoms with Gasteiger partial charge in [-0.25, -0.2) is 9.97 Å². The third-order valence-electron chi connectivity index (χ3n) is 6.07. The van der Waals surface area contributed by atoms with Crippen LogP contribution >= 0.6 is 11.3 Å². The van der Waals surface area contributed by atoms with Crippen molar-refractivity contribution in [2.75, 3.05) is 0 Å². The molecule has 1 atom stereocenters. The number of aromatic nitrogens is 4. The Balaban J connectivity index is 1.35. The molecule has 1 aliphatic carbocycles. The average Bonchev–Trinajstić information content (AvgIpc) is 3.56. The largest absolute Gasteiger partial charge is 0.473 e. The van der Waals surface area contributed by atoms with Crippen LogP contribution in [0.15, 0.2) is 72.8 Å². The highest BCUT2D eigenvalue weighted by Crippen LogP contribution is 2.39. The normalized spacial score (nSPS) is 15.8. The second-order valence-electron chi connectivity index (χ2n) is 7.94. The van der Waals surface area contributed by atoms with Crippen LogP contribution in [0.5, 0.6) is 5.88 Å². The molecule has 0 fully saturated rings. The van der Waals surface area contributed by atoms with Crippen molar-refractivity contribution in [3.8, 4) is 17.1 Å². The van der Waals surface area contributed by atoms with Crippen molar-refractivity contribution in [1.29, 1.82) is 0 Å². The molecule has 0 saturated carbocycles. The highest BCUT2D eigenvalue weighted by molar-refractivity contribution is 7.10. The number of ether oxygens (including phenoxy) is 1. The molecule has 4 aromatic heterocycles. The van der Waals surface area contributed by atoms with Gasteiger partial charge in [-0.1, -0.05) is 30.3 Å². The van der Waals surface area contributed by atoms with E-state index in [1.807, 2.05) is 54.3 Å². The Morgan fingerprint density at radius 1 is 1.16 bits per heavy atom. The minimum Gasteiger partial charge on any atom is -0.473 e. The number of hydrogen-bond acceptors (Lipinski definition) is 4. The van der Waals surface area contributed by atoms with Crippen molar-refractivity contribution in [3.05, 3.63) is 88.8 Å². The van der Waals surface area contributed by atoms with Crippen LogP contribution in [0.1, 0.15) is 34.9 Å². The lowest BCUT2D eigenvalue weighted by Crippen LogP contribution is -2.15. The summed E-state index contributed by atoms with van der Waals surface area (Å²) in [5.74, 6) is 0.626. The van der Waals surface area contributed by atoms with E-state index in [1.165, 1.54) is 23.3 Å². The second kappa shape index (κ2) is 7.71. The highest BCUT2D eigenvalue weighted by atomic mass is 32.1. The molecule has 0 bridgehead atoms.